The summed E-state index contributed by atoms with van der Waals surface area (Å²) in [6, 6.07) is -0.458. The van der Waals surface area contributed by atoms with E-state index in [2.05, 4.69) is 5.32 Å². The zero-order valence-electron chi connectivity index (χ0n) is 12.3. The molecule has 0 aromatic heterocycles. The first-order valence-electron chi connectivity index (χ1n) is 6.93. The van der Waals surface area contributed by atoms with Crippen LogP contribution < -0.4 is 5.32 Å². The van der Waals surface area contributed by atoms with E-state index in [1.807, 2.05) is 32.6 Å². The van der Waals surface area contributed by atoms with Crippen LogP contribution in [0.4, 0.5) is 0 Å². The Morgan fingerprint density at radius 3 is 2.58 bits per heavy atom. The highest BCUT2D eigenvalue weighted by Gasteiger charge is 2.45. The molecule has 0 spiro atoms. The third-order valence-corrected chi connectivity index (χ3v) is 4.10. The smallest absolute Gasteiger partial charge is 0.246 e. The lowest BCUT2D eigenvalue weighted by Crippen LogP contribution is -2.58. The Bertz CT molecular complexity index is 381. The second-order valence-corrected chi connectivity index (χ2v) is 6.91. The van der Waals surface area contributed by atoms with Gasteiger partial charge >= 0.3 is 0 Å². The molecule has 2 rings (SSSR count). The Hall–Kier alpha value is -1.10. The molecule has 5 nitrogen and oxygen atoms in total. The van der Waals surface area contributed by atoms with Gasteiger partial charge in [0.1, 0.15) is 6.04 Å². The summed E-state index contributed by atoms with van der Waals surface area (Å²) < 4.78 is 5.45. The van der Waals surface area contributed by atoms with E-state index in [0.717, 1.165) is 6.42 Å². The van der Waals surface area contributed by atoms with E-state index in [4.69, 9.17) is 4.74 Å². The van der Waals surface area contributed by atoms with E-state index in [1.165, 1.54) is 0 Å². The number of carbonyl (C=O) groups is 2. The van der Waals surface area contributed by atoms with Gasteiger partial charge in [0, 0.05) is 19.6 Å². The lowest BCUT2D eigenvalue weighted by Gasteiger charge is -2.40. The molecule has 0 aromatic rings. The highest BCUT2D eigenvalue weighted by molar-refractivity contribution is 5.91. The van der Waals surface area contributed by atoms with Crippen molar-refractivity contribution in [2.24, 2.45) is 5.41 Å². The topological polar surface area (TPSA) is 58.6 Å². The van der Waals surface area contributed by atoms with Crippen molar-refractivity contribution in [2.45, 2.75) is 52.1 Å². The SMILES string of the molecule is CC(C)(C)C1NC(=O)CCN(C2(C)CCOC2)C1=O. The standard InChI is InChI=1S/C14H24N2O3/c1-13(2,3)11-12(18)16(7-5-10(17)15-11)14(4)6-8-19-9-14/h11H,5-9H2,1-4H3,(H,15,17). The highest BCUT2D eigenvalue weighted by atomic mass is 16.5. The third-order valence-electron chi connectivity index (χ3n) is 4.10. The maximum atomic E-state index is 12.8. The maximum absolute atomic E-state index is 12.8. The van der Waals surface area contributed by atoms with Gasteiger partial charge in [0.15, 0.2) is 0 Å². The van der Waals surface area contributed by atoms with Gasteiger partial charge in [-0.25, -0.2) is 0 Å². The quantitative estimate of drug-likeness (QED) is 0.769. The van der Waals surface area contributed by atoms with Crippen LogP contribution in [0.3, 0.4) is 0 Å². The molecule has 2 amide bonds. The van der Waals surface area contributed by atoms with E-state index < -0.39 is 6.04 Å². The predicted molar refractivity (Wildman–Crippen MR) is 71.6 cm³/mol. The van der Waals surface area contributed by atoms with Gasteiger partial charge in [-0.15, -0.1) is 0 Å². The molecule has 2 aliphatic heterocycles. The van der Waals surface area contributed by atoms with Crippen molar-refractivity contribution in [1.29, 1.82) is 0 Å². The van der Waals surface area contributed by atoms with E-state index in [9.17, 15) is 9.59 Å². The van der Waals surface area contributed by atoms with Crippen LogP contribution >= 0.6 is 0 Å². The van der Waals surface area contributed by atoms with Gasteiger partial charge in [-0.2, -0.15) is 0 Å². The van der Waals surface area contributed by atoms with Crippen molar-refractivity contribution in [1.82, 2.24) is 10.2 Å². The van der Waals surface area contributed by atoms with E-state index in [-0.39, 0.29) is 22.8 Å². The molecule has 2 fully saturated rings. The fourth-order valence-electron chi connectivity index (χ4n) is 2.77. The lowest BCUT2D eigenvalue weighted by molar-refractivity contribution is -0.141. The Morgan fingerprint density at radius 2 is 2.05 bits per heavy atom. The molecule has 0 aromatic carbocycles. The monoisotopic (exact) mass is 268 g/mol. The van der Waals surface area contributed by atoms with Gasteiger partial charge < -0.3 is 15.0 Å². The Labute approximate surface area is 114 Å². The number of ether oxygens (including phenoxy) is 1. The minimum Gasteiger partial charge on any atom is -0.379 e. The summed E-state index contributed by atoms with van der Waals surface area (Å²) in [6.07, 6.45) is 1.21. The van der Waals surface area contributed by atoms with Gasteiger partial charge in [0.25, 0.3) is 0 Å². The molecule has 0 aliphatic carbocycles. The molecular weight excluding hydrogens is 244 g/mol. The number of nitrogens with zero attached hydrogens (tertiary/aromatic N) is 1. The van der Waals surface area contributed by atoms with E-state index in [1.54, 1.807) is 0 Å². The minimum atomic E-state index is -0.458. The average molecular weight is 268 g/mol. The molecular formula is C14H24N2O3. The molecule has 2 saturated heterocycles. The van der Waals surface area contributed by atoms with Crippen molar-refractivity contribution in [3.8, 4) is 0 Å². The Balaban J connectivity index is 2.28. The largest absolute Gasteiger partial charge is 0.379 e. The Kier molecular flexibility index (Phi) is 3.60. The summed E-state index contributed by atoms with van der Waals surface area (Å²) in [4.78, 5) is 26.5. The number of carbonyl (C=O) groups excluding carboxylic acids is 2. The summed E-state index contributed by atoms with van der Waals surface area (Å²) in [5.74, 6) is -0.0235. The fourth-order valence-corrected chi connectivity index (χ4v) is 2.77. The second kappa shape index (κ2) is 4.78. The van der Waals surface area contributed by atoms with Crippen molar-refractivity contribution < 1.29 is 14.3 Å². The van der Waals surface area contributed by atoms with Gasteiger partial charge in [0.2, 0.25) is 11.8 Å². The predicted octanol–water partition coefficient (Wildman–Crippen LogP) is 0.929. The summed E-state index contributed by atoms with van der Waals surface area (Å²) in [5, 5.41) is 2.87. The van der Waals surface area contributed by atoms with Gasteiger partial charge in [-0.05, 0) is 18.8 Å². The normalized spacial score (nSPS) is 33.3. The van der Waals surface area contributed by atoms with Crippen LogP contribution in [0, 0.1) is 5.41 Å². The zero-order chi connectivity index (χ0) is 14.3. The van der Waals surface area contributed by atoms with E-state index >= 15 is 0 Å². The third kappa shape index (κ3) is 2.76. The summed E-state index contributed by atoms with van der Waals surface area (Å²) in [7, 11) is 0. The highest BCUT2D eigenvalue weighted by Crippen LogP contribution is 2.31. The maximum Gasteiger partial charge on any atom is 0.246 e. The molecule has 0 bridgehead atoms. The first kappa shape index (κ1) is 14.3. The van der Waals surface area contributed by atoms with Crippen LogP contribution in [-0.4, -0.2) is 48.1 Å². The number of hydrogen-bond donors (Lipinski definition) is 1. The second-order valence-electron chi connectivity index (χ2n) is 6.91. The van der Waals surface area contributed by atoms with Crippen LogP contribution in [0.25, 0.3) is 0 Å². The van der Waals surface area contributed by atoms with Crippen molar-refractivity contribution in [3.05, 3.63) is 0 Å². The molecule has 108 valence electrons. The molecule has 0 saturated carbocycles. The molecule has 5 heteroatoms. The number of nitrogens with one attached hydrogen (secondary N) is 1. The fraction of sp³-hybridized carbons (Fsp3) is 0.857. The molecule has 2 unspecified atom stereocenters. The van der Waals surface area contributed by atoms with Crippen molar-refractivity contribution in [3.63, 3.8) is 0 Å². The van der Waals surface area contributed by atoms with Crippen molar-refractivity contribution in [2.75, 3.05) is 19.8 Å². The molecule has 0 radical (unpaired) electrons. The minimum absolute atomic E-state index is 0.0198. The van der Waals surface area contributed by atoms with Crippen LogP contribution in [0.15, 0.2) is 0 Å². The van der Waals surface area contributed by atoms with Gasteiger partial charge in [0.05, 0.1) is 12.1 Å². The number of rotatable bonds is 1. The van der Waals surface area contributed by atoms with Crippen LogP contribution in [-0.2, 0) is 14.3 Å². The Morgan fingerprint density at radius 1 is 1.37 bits per heavy atom. The van der Waals surface area contributed by atoms with Gasteiger partial charge in [-0.3, -0.25) is 9.59 Å². The van der Waals surface area contributed by atoms with Gasteiger partial charge in [-0.1, -0.05) is 20.8 Å². The first-order valence-corrected chi connectivity index (χ1v) is 6.93. The van der Waals surface area contributed by atoms with Crippen LogP contribution in [0.1, 0.15) is 40.5 Å². The van der Waals surface area contributed by atoms with Crippen molar-refractivity contribution >= 4 is 11.8 Å². The summed E-state index contributed by atoms with van der Waals surface area (Å²) in [6.45, 7) is 9.71. The van der Waals surface area contributed by atoms with Crippen LogP contribution in [0.5, 0.6) is 0 Å². The molecule has 1 N–H and O–H groups in total. The zero-order valence-corrected chi connectivity index (χ0v) is 12.3. The summed E-state index contributed by atoms with van der Waals surface area (Å²) >= 11 is 0. The molecule has 2 aliphatic rings. The number of amides is 2. The molecule has 2 heterocycles. The molecule has 2 atom stereocenters. The van der Waals surface area contributed by atoms with E-state index in [0.29, 0.717) is 26.2 Å². The molecule has 19 heavy (non-hydrogen) atoms. The lowest BCUT2D eigenvalue weighted by atomic mass is 9.85. The number of hydrogen-bond acceptors (Lipinski definition) is 3. The van der Waals surface area contributed by atoms with Crippen LogP contribution in [0.2, 0.25) is 0 Å². The summed E-state index contributed by atoms with van der Waals surface area (Å²) in [5.41, 5.74) is -0.558. The average Bonchev–Trinajstić information content (AvgIpc) is 2.65. The first-order chi connectivity index (χ1) is 8.74.